The number of hydrogen-bond acceptors (Lipinski definition) is 3. The summed E-state index contributed by atoms with van der Waals surface area (Å²) in [6, 6.07) is 10.2. The van der Waals surface area contributed by atoms with Gasteiger partial charge in [0.15, 0.2) is 6.29 Å². The maximum absolute atomic E-state index is 9.93. The van der Waals surface area contributed by atoms with Crippen molar-refractivity contribution in [3.63, 3.8) is 0 Å². The normalized spacial score (nSPS) is 9.64. The molecule has 0 saturated carbocycles. The van der Waals surface area contributed by atoms with Gasteiger partial charge in [-0.3, -0.25) is 4.79 Å². The van der Waals surface area contributed by atoms with E-state index < -0.39 is 0 Å². The summed E-state index contributed by atoms with van der Waals surface area (Å²) in [6.07, 6.45) is 6.15. The number of ether oxygens (including phenoxy) is 2. The van der Waals surface area contributed by atoms with Crippen molar-refractivity contribution in [3.05, 3.63) is 61.2 Å². The van der Waals surface area contributed by atoms with Crippen molar-refractivity contribution in [1.29, 1.82) is 0 Å². The smallest absolute Gasteiger partial charge is 0.154 e. The summed E-state index contributed by atoms with van der Waals surface area (Å²) >= 11 is 0. The van der Waals surface area contributed by atoms with Gasteiger partial charge in [-0.25, -0.2) is 0 Å². The molecule has 0 radical (unpaired) electrons. The van der Waals surface area contributed by atoms with Crippen LogP contribution in [0.4, 0.5) is 0 Å². The van der Waals surface area contributed by atoms with Crippen LogP contribution in [0.15, 0.2) is 55.6 Å². The molecule has 1 aromatic carbocycles. The van der Waals surface area contributed by atoms with Crippen LogP contribution < -0.4 is 0 Å². The number of aryl methyl sites for hydroxylation is 1. The van der Waals surface area contributed by atoms with Crippen molar-refractivity contribution < 1.29 is 14.3 Å². The Labute approximate surface area is 135 Å². The molecule has 0 bridgehead atoms. The maximum Gasteiger partial charge on any atom is 0.154 e. The molecule has 124 valence electrons. The SMILES string of the molecule is C=C.CCOC(C)OCC.O=C/C=C/CCc1ccccc1. The topological polar surface area (TPSA) is 35.5 Å². The van der Waals surface area contributed by atoms with Crippen LogP contribution in [0, 0.1) is 0 Å². The van der Waals surface area contributed by atoms with Crippen LogP contribution in [0.3, 0.4) is 0 Å². The van der Waals surface area contributed by atoms with E-state index in [9.17, 15) is 4.79 Å². The van der Waals surface area contributed by atoms with Crippen LogP contribution in [-0.2, 0) is 20.7 Å². The predicted molar refractivity (Wildman–Crippen MR) is 93.9 cm³/mol. The van der Waals surface area contributed by atoms with E-state index in [0.29, 0.717) is 0 Å². The lowest BCUT2D eigenvalue weighted by Crippen LogP contribution is -2.11. The van der Waals surface area contributed by atoms with E-state index in [2.05, 4.69) is 25.3 Å². The Bertz CT molecular complexity index is 354. The van der Waals surface area contributed by atoms with Gasteiger partial charge in [-0.15, -0.1) is 13.2 Å². The molecule has 0 heterocycles. The fourth-order valence-electron chi connectivity index (χ4n) is 1.56. The predicted octanol–water partition coefficient (Wildman–Crippen LogP) is 4.58. The Morgan fingerprint density at radius 2 is 1.64 bits per heavy atom. The standard InChI is InChI=1S/C11H12O.C6H14O2.C2H4/c12-10-6-2-5-9-11-7-3-1-4-8-11;1-4-7-6(3)8-5-2;1-2/h1-4,6-8,10H,5,9H2;6H,4-5H2,1-3H3;1-2H2/b6-2+;;. The van der Waals surface area contributed by atoms with E-state index >= 15 is 0 Å². The molecule has 1 rings (SSSR count). The zero-order chi connectivity index (χ0) is 17.1. The van der Waals surface area contributed by atoms with Gasteiger partial charge in [-0.1, -0.05) is 36.4 Å². The fraction of sp³-hybridized carbons (Fsp3) is 0.421. The molecule has 0 saturated heterocycles. The largest absolute Gasteiger partial charge is 0.353 e. The van der Waals surface area contributed by atoms with E-state index in [1.54, 1.807) is 6.08 Å². The molecule has 0 spiro atoms. The number of carbonyl (C=O) groups excluding carboxylic acids is 1. The Hall–Kier alpha value is -1.71. The summed E-state index contributed by atoms with van der Waals surface area (Å²) in [6.45, 7) is 13.3. The Balaban J connectivity index is 0. The Kier molecular flexibility index (Phi) is 19.8. The van der Waals surface area contributed by atoms with Gasteiger partial charge in [0.05, 0.1) is 0 Å². The number of aldehydes is 1. The molecule has 0 unspecified atom stereocenters. The summed E-state index contributed by atoms with van der Waals surface area (Å²) in [5.74, 6) is 0. The molecule has 0 aromatic heterocycles. The van der Waals surface area contributed by atoms with Crippen LogP contribution in [0.25, 0.3) is 0 Å². The fourth-order valence-corrected chi connectivity index (χ4v) is 1.56. The van der Waals surface area contributed by atoms with Crippen LogP contribution >= 0.6 is 0 Å². The highest BCUT2D eigenvalue weighted by atomic mass is 16.7. The molecule has 0 amide bonds. The lowest BCUT2D eigenvalue weighted by Gasteiger charge is -2.09. The van der Waals surface area contributed by atoms with Crippen molar-refractivity contribution >= 4 is 6.29 Å². The monoisotopic (exact) mass is 306 g/mol. The highest BCUT2D eigenvalue weighted by Crippen LogP contribution is 2.02. The summed E-state index contributed by atoms with van der Waals surface area (Å²) in [4.78, 5) is 9.93. The van der Waals surface area contributed by atoms with E-state index in [0.717, 1.165) is 32.3 Å². The van der Waals surface area contributed by atoms with Crippen LogP contribution in [0.5, 0.6) is 0 Å². The van der Waals surface area contributed by atoms with Crippen molar-refractivity contribution in [1.82, 2.24) is 0 Å². The summed E-state index contributed by atoms with van der Waals surface area (Å²) in [5.41, 5.74) is 1.31. The lowest BCUT2D eigenvalue weighted by atomic mass is 10.1. The van der Waals surface area contributed by atoms with Gasteiger partial charge in [-0.2, -0.15) is 0 Å². The number of benzene rings is 1. The molecule has 0 fully saturated rings. The molecule has 1 aromatic rings. The van der Waals surface area contributed by atoms with Gasteiger partial charge < -0.3 is 9.47 Å². The molecular formula is C19H30O3. The second-order valence-electron chi connectivity index (χ2n) is 4.07. The Morgan fingerprint density at radius 3 is 2.09 bits per heavy atom. The molecule has 0 N–H and O–H groups in total. The second-order valence-corrected chi connectivity index (χ2v) is 4.07. The van der Waals surface area contributed by atoms with Gasteiger partial charge in [0.25, 0.3) is 0 Å². The van der Waals surface area contributed by atoms with E-state index in [-0.39, 0.29) is 6.29 Å². The van der Waals surface area contributed by atoms with Crippen molar-refractivity contribution in [2.45, 2.75) is 39.9 Å². The third-order valence-electron chi connectivity index (χ3n) is 2.46. The molecule has 22 heavy (non-hydrogen) atoms. The highest BCUT2D eigenvalue weighted by Gasteiger charge is 1.94. The summed E-state index contributed by atoms with van der Waals surface area (Å²) < 4.78 is 10.1. The van der Waals surface area contributed by atoms with Crippen LogP contribution in [0.1, 0.15) is 32.8 Å². The molecular weight excluding hydrogens is 276 g/mol. The third-order valence-corrected chi connectivity index (χ3v) is 2.46. The van der Waals surface area contributed by atoms with Crippen LogP contribution in [-0.4, -0.2) is 25.8 Å². The number of hydrogen-bond donors (Lipinski definition) is 0. The molecule has 0 aliphatic rings. The summed E-state index contributed by atoms with van der Waals surface area (Å²) in [7, 11) is 0. The Morgan fingerprint density at radius 1 is 1.09 bits per heavy atom. The van der Waals surface area contributed by atoms with Gasteiger partial charge >= 0.3 is 0 Å². The molecule has 3 nitrogen and oxygen atoms in total. The molecule has 0 aliphatic heterocycles. The summed E-state index contributed by atoms with van der Waals surface area (Å²) in [5, 5.41) is 0. The zero-order valence-electron chi connectivity index (χ0n) is 14.2. The van der Waals surface area contributed by atoms with E-state index in [1.807, 2.05) is 45.0 Å². The van der Waals surface area contributed by atoms with Gasteiger partial charge in [0.1, 0.15) is 6.29 Å². The molecule has 0 atom stereocenters. The maximum atomic E-state index is 9.93. The molecule has 3 heteroatoms. The minimum absolute atomic E-state index is 0.0370. The lowest BCUT2D eigenvalue weighted by molar-refractivity contribution is -0.123. The first-order valence-corrected chi connectivity index (χ1v) is 7.62. The number of rotatable bonds is 8. The third kappa shape index (κ3) is 16.3. The number of allylic oxidation sites excluding steroid dienone is 2. The van der Waals surface area contributed by atoms with E-state index in [1.165, 1.54) is 5.56 Å². The average molecular weight is 306 g/mol. The van der Waals surface area contributed by atoms with Crippen molar-refractivity contribution in [2.24, 2.45) is 0 Å². The van der Waals surface area contributed by atoms with Crippen LogP contribution in [0.2, 0.25) is 0 Å². The van der Waals surface area contributed by atoms with Crippen molar-refractivity contribution in [3.8, 4) is 0 Å². The average Bonchev–Trinajstić information content (AvgIpc) is 2.56. The van der Waals surface area contributed by atoms with Crippen molar-refractivity contribution in [2.75, 3.05) is 13.2 Å². The first kappa shape index (κ1) is 22.6. The molecule has 0 aliphatic carbocycles. The zero-order valence-corrected chi connectivity index (χ0v) is 14.2. The van der Waals surface area contributed by atoms with Gasteiger partial charge in [0, 0.05) is 13.2 Å². The minimum Gasteiger partial charge on any atom is -0.353 e. The van der Waals surface area contributed by atoms with E-state index in [4.69, 9.17) is 9.47 Å². The quantitative estimate of drug-likeness (QED) is 0.305. The highest BCUT2D eigenvalue weighted by molar-refractivity contribution is 5.64. The number of carbonyl (C=O) groups is 1. The van der Waals surface area contributed by atoms with Gasteiger partial charge in [0.2, 0.25) is 0 Å². The second kappa shape index (κ2) is 19.3. The first-order chi connectivity index (χ1) is 10.7. The van der Waals surface area contributed by atoms with Gasteiger partial charge in [-0.05, 0) is 45.3 Å². The first-order valence-electron chi connectivity index (χ1n) is 7.62. The minimum atomic E-state index is -0.0370.